The highest BCUT2D eigenvalue weighted by Gasteiger charge is 2.82. The largest absolute Gasteiger partial charge is 0.459 e. The molecule has 1 aliphatic heterocycles. The molecule has 2 aliphatic carbocycles. The van der Waals surface area contributed by atoms with E-state index in [1.165, 1.54) is 6.92 Å². The molecule has 0 aromatic heterocycles. The molecule has 0 aromatic carbocycles. The monoisotopic (exact) mass is 486 g/mol. The van der Waals surface area contributed by atoms with Gasteiger partial charge in [-0.2, -0.15) is 0 Å². The summed E-state index contributed by atoms with van der Waals surface area (Å²) >= 11 is 0. The van der Waals surface area contributed by atoms with Crippen molar-refractivity contribution >= 4 is 17.7 Å². The van der Waals surface area contributed by atoms with Gasteiger partial charge < -0.3 is 18.9 Å². The van der Waals surface area contributed by atoms with Crippen molar-refractivity contribution in [2.45, 2.75) is 84.4 Å². The molecule has 8 atom stereocenters. The number of Topliss-reactive ketones (excluding diaryl/α,β-unsaturated/α-hetero) is 1. The highest BCUT2D eigenvalue weighted by molar-refractivity contribution is 5.96. The highest BCUT2D eigenvalue weighted by atomic mass is 16.7. The van der Waals surface area contributed by atoms with Crippen molar-refractivity contribution in [1.29, 1.82) is 0 Å². The van der Waals surface area contributed by atoms with Gasteiger partial charge >= 0.3 is 11.9 Å². The molecule has 35 heavy (non-hydrogen) atoms. The van der Waals surface area contributed by atoms with Crippen LogP contribution in [-0.4, -0.2) is 54.3 Å². The molecule has 3 rings (SSSR count). The van der Waals surface area contributed by atoms with Crippen LogP contribution in [0.3, 0.4) is 0 Å². The predicted molar refractivity (Wildman–Crippen MR) is 131 cm³/mol. The lowest BCUT2D eigenvalue weighted by Crippen LogP contribution is -2.41. The standard InChI is InChI=1S/C28H38O7/c1-10-16(4)26(31)34-22-18(6)13-28-25(33-20(8)29)19(7)14-27(28,35-28)24(30)17(5)11-12-21(15(2)3)23(22)32-9/h10-13,17,19,21-23,25H,2,14H2,1,3-9H3/b12-11-,16-10-,18-13+/t17-,19+,21?,22-,23+,25+,27+,28+/m1/s1. The van der Waals surface area contributed by atoms with Crippen molar-refractivity contribution in [3.63, 3.8) is 0 Å². The molecule has 0 aromatic rings. The molecule has 0 bridgehead atoms. The van der Waals surface area contributed by atoms with Gasteiger partial charge in [0.25, 0.3) is 0 Å². The van der Waals surface area contributed by atoms with Crippen molar-refractivity contribution in [3.05, 3.63) is 47.6 Å². The molecule has 0 radical (unpaired) electrons. The number of rotatable bonds is 5. The van der Waals surface area contributed by atoms with Crippen molar-refractivity contribution < 1.29 is 33.3 Å². The average Bonchev–Trinajstić information content (AvgIpc) is 3.37. The third-order valence-corrected chi connectivity index (χ3v) is 7.57. The summed E-state index contributed by atoms with van der Waals surface area (Å²) < 4.78 is 23.9. The second kappa shape index (κ2) is 9.86. The van der Waals surface area contributed by atoms with E-state index >= 15 is 0 Å². The molecule has 0 N–H and O–H groups in total. The Labute approximate surface area is 208 Å². The second-order valence-corrected chi connectivity index (χ2v) is 10.2. The molecule has 2 fully saturated rings. The summed E-state index contributed by atoms with van der Waals surface area (Å²) in [6.07, 6.45) is 5.68. The average molecular weight is 487 g/mol. The molecular weight excluding hydrogens is 448 g/mol. The zero-order valence-corrected chi connectivity index (χ0v) is 22.0. The number of ketones is 1. The maximum atomic E-state index is 13.7. The minimum Gasteiger partial charge on any atom is -0.459 e. The van der Waals surface area contributed by atoms with E-state index in [4.69, 9.17) is 18.9 Å². The predicted octanol–water partition coefficient (Wildman–Crippen LogP) is 4.27. The summed E-state index contributed by atoms with van der Waals surface area (Å²) in [4.78, 5) is 38.6. The summed E-state index contributed by atoms with van der Waals surface area (Å²) in [7, 11) is 1.56. The van der Waals surface area contributed by atoms with Crippen molar-refractivity contribution in [2.24, 2.45) is 17.8 Å². The normalized spacial score (nSPS) is 41.4. The Hall–Kier alpha value is -2.51. The summed E-state index contributed by atoms with van der Waals surface area (Å²) in [5.41, 5.74) is -0.284. The number of allylic oxidation sites excluding steroid dienone is 2. The van der Waals surface area contributed by atoms with E-state index in [0.717, 1.165) is 5.57 Å². The van der Waals surface area contributed by atoms with E-state index in [0.29, 0.717) is 17.6 Å². The first kappa shape index (κ1) is 27.1. The van der Waals surface area contributed by atoms with Gasteiger partial charge in [0, 0.05) is 31.4 Å². The van der Waals surface area contributed by atoms with Gasteiger partial charge in [-0.25, -0.2) is 4.79 Å². The fourth-order valence-corrected chi connectivity index (χ4v) is 5.61. The van der Waals surface area contributed by atoms with Crippen LogP contribution in [-0.2, 0) is 33.3 Å². The zero-order valence-electron chi connectivity index (χ0n) is 22.0. The third-order valence-electron chi connectivity index (χ3n) is 7.57. The summed E-state index contributed by atoms with van der Waals surface area (Å²) in [5.74, 6) is -1.81. The molecule has 7 heteroatoms. The van der Waals surface area contributed by atoms with E-state index in [-0.39, 0.29) is 17.6 Å². The van der Waals surface area contributed by atoms with E-state index < -0.39 is 47.4 Å². The summed E-state index contributed by atoms with van der Waals surface area (Å²) in [6.45, 7) is 16.4. The van der Waals surface area contributed by atoms with Gasteiger partial charge in [0.1, 0.15) is 18.3 Å². The third kappa shape index (κ3) is 4.56. The number of methoxy groups -OCH3 is 1. The number of esters is 2. The molecule has 1 saturated carbocycles. The number of carbonyl (C=O) groups is 3. The molecular formula is C28H38O7. The van der Waals surface area contributed by atoms with Crippen LogP contribution in [0, 0.1) is 17.8 Å². The smallest absolute Gasteiger partial charge is 0.334 e. The lowest BCUT2D eigenvalue weighted by Gasteiger charge is -2.33. The van der Waals surface area contributed by atoms with E-state index in [1.54, 1.807) is 27.0 Å². The van der Waals surface area contributed by atoms with Crippen LogP contribution in [0.15, 0.2) is 47.6 Å². The molecule has 0 amide bonds. The number of carbonyl (C=O) groups excluding carboxylic acids is 3. The van der Waals surface area contributed by atoms with Crippen LogP contribution in [0.25, 0.3) is 0 Å². The maximum absolute atomic E-state index is 13.7. The van der Waals surface area contributed by atoms with Gasteiger partial charge in [-0.1, -0.05) is 44.2 Å². The van der Waals surface area contributed by atoms with Gasteiger partial charge in [-0.15, -0.1) is 0 Å². The number of hydrogen-bond acceptors (Lipinski definition) is 7. The fraction of sp³-hybridized carbons (Fsp3) is 0.607. The number of ether oxygens (including phenoxy) is 4. The molecule has 192 valence electrons. The molecule has 7 nitrogen and oxygen atoms in total. The van der Waals surface area contributed by atoms with E-state index in [2.05, 4.69) is 6.58 Å². The van der Waals surface area contributed by atoms with Crippen molar-refractivity contribution in [3.8, 4) is 0 Å². The lowest BCUT2D eigenvalue weighted by atomic mass is 9.84. The lowest BCUT2D eigenvalue weighted by molar-refractivity contribution is -0.151. The van der Waals surface area contributed by atoms with Crippen molar-refractivity contribution in [2.75, 3.05) is 7.11 Å². The van der Waals surface area contributed by atoms with Gasteiger partial charge in [-0.05, 0) is 51.7 Å². The van der Waals surface area contributed by atoms with Gasteiger partial charge in [0.15, 0.2) is 17.0 Å². The Morgan fingerprint density at radius 1 is 1.17 bits per heavy atom. The number of hydrogen-bond donors (Lipinski definition) is 0. The van der Waals surface area contributed by atoms with Gasteiger partial charge in [0.2, 0.25) is 0 Å². The van der Waals surface area contributed by atoms with E-state index in [1.807, 2.05) is 45.9 Å². The number of epoxide rings is 1. The molecule has 3 aliphatic rings. The maximum Gasteiger partial charge on any atom is 0.334 e. The topological polar surface area (TPSA) is 91.4 Å². The van der Waals surface area contributed by atoms with Crippen LogP contribution < -0.4 is 0 Å². The second-order valence-electron chi connectivity index (χ2n) is 10.2. The molecule has 1 heterocycles. The van der Waals surface area contributed by atoms with Crippen molar-refractivity contribution in [1.82, 2.24) is 0 Å². The van der Waals surface area contributed by atoms with Crippen LogP contribution in [0.1, 0.15) is 54.9 Å². The van der Waals surface area contributed by atoms with Crippen LogP contribution >= 0.6 is 0 Å². The summed E-state index contributed by atoms with van der Waals surface area (Å²) in [5, 5.41) is 0. The Morgan fingerprint density at radius 2 is 1.83 bits per heavy atom. The molecule has 1 unspecified atom stereocenters. The Balaban J connectivity index is 2.21. The highest BCUT2D eigenvalue weighted by Crippen LogP contribution is 2.65. The zero-order chi connectivity index (χ0) is 26.3. The minimum absolute atomic E-state index is 0.0612. The first-order valence-electron chi connectivity index (χ1n) is 12.2. The SMILES string of the molecule is C=C(C)C1/C=C\[C@@H](C)C(=O)[C@@]23C[C@H](C)[C@H](OC(C)=O)[C@]2(/C=C(\C)[C@@H](OC(=O)/C(C)=C\C)[C@H]1OC)O3. The fourth-order valence-electron chi connectivity index (χ4n) is 5.61. The quantitative estimate of drug-likeness (QED) is 0.248. The molecule has 0 spiro atoms. The molecule has 1 saturated heterocycles. The van der Waals surface area contributed by atoms with Gasteiger partial charge in [0.05, 0.1) is 0 Å². The van der Waals surface area contributed by atoms with Crippen LogP contribution in [0.5, 0.6) is 0 Å². The van der Waals surface area contributed by atoms with Crippen LogP contribution in [0.4, 0.5) is 0 Å². The first-order chi connectivity index (χ1) is 16.3. The van der Waals surface area contributed by atoms with E-state index in [9.17, 15) is 14.4 Å². The van der Waals surface area contributed by atoms with Gasteiger partial charge in [-0.3, -0.25) is 9.59 Å². The Kier molecular flexibility index (Phi) is 7.63. The van der Waals surface area contributed by atoms with Crippen LogP contribution in [0.2, 0.25) is 0 Å². The Morgan fingerprint density at radius 3 is 2.37 bits per heavy atom. The first-order valence-corrected chi connectivity index (χ1v) is 12.2. The summed E-state index contributed by atoms with van der Waals surface area (Å²) in [6, 6.07) is 0. The Bertz CT molecular complexity index is 1000. The minimum atomic E-state index is -1.12.